The van der Waals surface area contributed by atoms with E-state index in [1.54, 1.807) is 36.4 Å². The Labute approximate surface area is 299 Å². The standard InChI is InChI=1S/C32H28Cl3IN2O7S/c1-3-5-10-44-31(41)22-15-21(8-9-23(22)34)37-28(39)16-38-30(40)27(46-32(38)42)13-18-11-25(36)29(26(12-18)43-4-2)45-17-19-6-7-20(33)14-24(19)35/h6-9,11-15H,3-5,10,16-17H2,1-2H3,(H,37,39)/b27-13+. The van der Waals surface area contributed by atoms with Crippen LogP contribution >= 0.6 is 69.2 Å². The minimum Gasteiger partial charge on any atom is -0.490 e. The van der Waals surface area contributed by atoms with Gasteiger partial charge in [0.1, 0.15) is 13.2 Å². The monoisotopic (exact) mass is 816 g/mol. The number of hydrogen-bond acceptors (Lipinski definition) is 8. The van der Waals surface area contributed by atoms with E-state index in [0.717, 1.165) is 28.6 Å². The van der Waals surface area contributed by atoms with Gasteiger partial charge in [-0.3, -0.25) is 19.3 Å². The fourth-order valence-electron chi connectivity index (χ4n) is 4.14. The molecule has 0 aliphatic carbocycles. The molecule has 1 fully saturated rings. The predicted molar refractivity (Wildman–Crippen MR) is 189 cm³/mol. The summed E-state index contributed by atoms with van der Waals surface area (Å²) in [5, 5.41) is 3.17. The number of esters is 1. The lowest BCUT2D eigenvalue weighted by molar-refractivity contribution is -0.127. The van der Waals surface area contributed by atoms with Gasteiger partial charge in [0, 0.05) is 21.3 Å². The van der Waals surface area contributed by atoms with Gasteiger partial charge >= 0.3 is 5.97 Å². The second-order valence-electron chi connectivity index (χ2n) is 9.79. The third-order valence-corrected chi connectivity index (χ3v) is 9.02. The Morgan fingerprint density at radius 1 is 1.00 bits per heavy atom. The van der Waals surface area contributed by atoms with Crippen molar-refractivity contribution in [3.8, 4) is 11.5 Å². The number of halogens is 4. The largest absolute Gasteiger partial charge is 0.490 e. The highest BCUT2D eigenvalue weighted by atomic mass is 127. The third kappa shape index (κ3) is 9.31. The summed E-state index contributed by atoms with van der Waals surface area (Å²) < 4.78 is 17.8. The molecule has 4 rings (SSSR count). The Hall–Kier alpha value is -2.97. The molecule has 1 aliphatic heterocycles. The fourth-order valence-corrected chi connectivity index (χ4v) is 6.42. The van der Waals surface area contributed by atoms with Crippen LogP contribution < -0.4 is 14.8 Å². The molecule has 3 aromatic rings. The summed E-state index contributed by atoms with van der Waals surface area (Å²) in [6.45, 7) is 4.06. The molecule has 1 saturated heterocycles. The topological polar surface area (TPSA) is 111 Å². The first-order valence-corrected chi connectivity index (χ1v) is 17.1. The van der Waals surface area contributed by atoms with Crippen LogP contribution in [0.4, 0.5) is 10.5 Å². The van der Waals surface area contributed by atoms with E-state index < -0.39 is 29.6 Å². The van der Waals surface area contributed by atoms with Crippen molar-refractivity contribution >= 4 is 104 Å². The number of benzene rings is 3. The smallest absolute Gasteiger partial charge is 0.339 e. The lowest BCUT2D eigenvalue weighted by atomic mass is 10.1. The number of hydrogen-bond donors (Lipinski definition) is 1. The zero-order valence-electron chi connectivity index (χ0n) is 24.7. The van der Waals surface area contributed by atoms with E-state index in [0.29, 0.717) is 43.7 Å². The first kappa shape index (κ1) is 35.9. The maximum absolute atomic E-state index is 13.2. The van der Waals surface area contributed by atoms with E-state index in [2.05, 4.69) is 27.9 Å². The van der Waals surface area contributed by atoms with Crippen molar-refractivity contribution in [2.24, 2.45) is 0 Å². The molecule has 0 saturated carbocycles. The van der Waals surface area contributed by atoms with E-state index in [4.69, 9.17) is 49.0 Å². The van der Waals surface area contributed by atoms with Crippen molar-refractivity contribution in [3.05, 3.63) is 88.8 Å². The molecule has 0 unspecified atom stereocenters. The Kier molecular flexibility index (Phi) is 13.0. The third-order valence-electron chi connectivity index (χ3n) is 6.39. The first-order valence-electron chi connectivity index (χ1n) is 14.1. The van der Waals surface area contributed by atoms with Crippen LogP contribution in [0.1, 0.15) is 48.2 Å². The molecule has 0 spiro atoms. The number of carbonyl (C=O) groups is 4. The van der Waals surface area contributed by atoms with Crippen LogP contribution in [0, 0.1) is 3.57 Å². The lowest BCUT2D eigenvalue weighted by Crippen LogP contribution is -2.36. The van der Waals surface area contributed by atoms with Gasteiger partial charge in [0.2, 0.25) is 5.91 Å². The maximum Gasteiger partial charge on any atom is 0.339 e. The average Bonchev–Trinajstić information content (AvgIpc) is 3.25. The molecule has 1 aliphatic rings. The number of nitrogens with one attached hydrogen (secondary N) is 1. The Morgan fingerprint density at radius 2 is 1.78 bits per heavy atom. The average molecular weight is 818 g/mol. The van der Waals surface area contributed by atoms with Crippen LogP contribution in [0.15, 0.2) is 53.4 Å². The minimum absolute atomic E-state index is 0.0934. The quantitative estimate of drug-likeness (QED) is 0.0789. The molecular weight excluding hydrogens is 790 g/mol. The van der Waals surface area contributed by atoms with Crippen molar-refractivity contribution < 1.29 is 33.4 Å². The normalized spacial score (nSPS) is 13.7. The molecular formula is C32H28Cl3IN2O7S. The summed E-state index contributed by atoms with van der Waals surface area (Å²) >= 11 is 21.3. The van der Waals surface area contributed by atoms with Gasteiger partial charge in [-0.2, -0.15) is 0 Å². The van der Waals surface area contributed by atoms with Crippen molar-refractivity contribution in [2.45, 2.75) is 33.3 Å². The highest BCUT2D eigenvalue weighted by molar-refractivity contribution is 14.1. The molecule has 46 heavy (non-hydrogen) atoms. The highest BCUT2D eigenvalue weighted by Gasteiger charge is 2.36. The van der Waals surface area contributed by atoms with Crippen molar-refractivity contribution in [1.82, 2.24) is 4.90 Å². The van der Waals surface area contributed by atoms with Gasteiger partial charge in [0.25, 0.3) is 11.1 Å². The van der Waals surface area contributed by atoms with Gasteiger partial charge in [-0.05, 0) is 102 Å². The van der Waals surface area contributed by atoms with E-state index in [1.165, 1.54) is 18.2 Å². The molecule has 0 radical (unpaired) electrons. The summed E-state index contributed by atoms with van der Waals surface area (Å²) in [6, 6.07) is 13.0. The van der Waals surface area contributed by atoms with Gasteiger partial charge in [-0.25, -0.2) is 4.79 Å². The molecule has 3 aromatic carbocycles. The SMILES string of the molecule is CCCCOC(=O)c1cc(NC(=O)CN2C(=O)S/C(=C/c3cc(I)c(OCc4ccc(Cl)cc4Cl)c(OCC)c3)C2=O)ccc1Cl. The van der Waals surface area contributed by atoms with Gasteiger partial charge < -0.3 is 19.5 Å². The molecule has 1 heterocycles. The van der Waals surface area contributed by atoms with Gasteiger partial charge in [0.05, 0.1) is 32.3 Å². The van der Waals surface area contributed by atoms with E-state index in [1.807, 2.05) is 13.8 Å². The zero-order valence-corrected chi connectivity index (χ0v) is 29.9. The molecule has 3 amide bonds. The summed E-state index contributed by atoms with van der Waals surface area (Å²) in [7, 11) is 0. The summed E-state index contributed by atoms with van der Waals surface area (Å²) in [5.74, 6) is -0.923. The molecule has 1 N–H and O–H groups in total. The van der Waals surface area contributed by atoms with Crippen LogP contribution in [-0.4, -0.2) is 47.7 Å². The molecule has 0 aromatic heterocycles. The van der Waals surface area contributed by atoms with Gasteiger partial charge in [-0.15, -0.1) is 0 Å². The second kappa shape index (κ2) is 16.7. The summed E-state index contributed by atoms with van der Waals surface area (Å²) in [6.07, 6.45) is 3.12. The number of thioether (sulfide) groups is 1. The van der Waals surface area contributed by atoms with Crippen LogP contribution in [0.3, 0.4) is 0 Å². The maximum atomic E-state index is 13.2. The molecule has 9 nitrogen and oxygen atoms in total. The van der Waals surface area contributed by atoms with E-state index >= 15 is 0 Å². The Balaban J connectivity index is 1.45. The summed E-state index contributed by atoms with van der Waals surface area (Å²) in [4.78, 5) is 52.1. The summed E-state index contributed by atoms with van der Waals surface area (Å²) in [5.41, 5.74) is 1.70. The minimum atomic E-state index is -0.633. The zero-order chi connectivity index (χ0) is 33.4. The van der Waals surface area contributed by atoms with Crippen LogP contribution in [-0.2, 0) is 20.9 Å². The molecule has 0 atom stereocenters. The van der Waals surface area contributed by atoms with Crippen LogP contribution in [0.5, 0.6) is 11.5 Å². The van der Waals surface area contributed by atoms with E-state index in [-0.39, 0.29) is 34.4 Å². The highest BCUT2D eigenvalue weighted by Crippen LogP contribution is 2.38. The van der Waals surface area contributed by atoms with Crippen molar-refractivity contribution in [1.29, 1.82) is 0 Å². The number of anilines is 1. The lowest BCUT2D eigenvalue weighted by Gasteiger charge is -2.15. The number of imide groups is 1. The Bertz CT molecular complexity index is 1700. The molecule has 242 valence electrons. The van der Waals surface area contributed by atoms with Gasteiger partial charge in [0.15, 0.2) is 11.5 Å². The number of carbonyl (C=O) groups excluding carboxylic acids is 4. The number of amides is 3. The van der Waals surface area contributed by atoms with E-state index in [9.17, 15) is 19.2 Å². The number of nitrogens with zero attached hydrogens (tertiary/aromatic N) is 1. The number of unbranched alkanes of at least 4 members (excludes halogenated alkanes) is 1. The van der Waals surface area contributed by atoms with Crippen LogP contribution in [0.25, 0.3) is 6.08 Å². The second-order valence-corrected chi connectivity index (χ2v) is 13.2. The van der Waals surface area contributed by atoms with Crippen LogP contribution in [0.2, 0.25) is 15.1 Å². The fraction of sp³-hybridized carbons (Fsp3) is 0.250. The molecule has 0 bridgehead atoms. The number of rotatable bonds is 13. The Morgan fingerprint density at radius 3 is 2.50 bits per heavy atom. The van der Waals surface area contributed by atoms with Gasteiger partial charge in [-0.1, -0.05) is 54.2 Å². The first-order chi connectivity index (χ1) is 22.0. The number of ether oxygens (including phenoxy) is 3. The van der Waals surface area contributed by atoms with Crippen molar-refractivity contribution in [2.75, 3.05) is 25.1 Å². The molecule has 14 heteroatoms. The van der Waals surface area contributed by atoms with Crippen molar-refractivity contribution in [3.63, 3.8) is 0 Å². The predicted octanol–water partition coefficient (Wildman–Crippen LogP) is 8.86.